The van der Waals surface area contributed by atoms with Crippen LogP contribution in [0.15, 0.2) is 53.5 Å². The first-order valence-corrected chi connectivity index (χ1v) is 14.9. The van der Waals surface area contributed by atoms with Gasteiger partial charge in [-0.25, -0.2) is 9.59 Å². The van der Waals surface area contributed by atoms with Gasteiger partial charge in [0.05, 0.1) is 4.92 Å². The van der Waals surface area contributed by atoms with Crippen LogP contribution < -0.4 is 4.43 Å². The molecule has 0 aliphatic carbocycles. The van der Waals surface area contributed by atoms with E-state index in [-0.39, 0.29) is 35.0 Å². The summed E-state index contributed by atoms with van der Waals surface area (Å²) in [6, 6.07) is 13.4. The molecule has 0 aliphatic rings. The van der Waals surface area contributed by atoms with Crippen molar-refractivity contribution in [1.29, 1.82) is 0 Å². The van der Waals surface area contributed by atoms with Crippen molar-refractivity contribution in [3.8, 4) is 5.75 Å². The van der Waals surface area contributed by atoms with Gasteiger partial charge in [0.2, 0.25) is 8.32 Å². The molecule has 0 radical (unpaired) electrons. The Bertz CT molecular complexity index is 1160. The van der Waals surface area contributed by atoms with Crippen LogP contribution in [0.5, 0.6) is 5.75 Å². The van der Waals surface area contributed by atoms with Gasteiger partial charge in [-0.3, -0.25) is 10.1 Å². The average Bonchev–Trinajstić information content (AvgIpc) is 2.75. The highest BCUT2D eigenvalue weighted by Crippen LogP contribution is 2.38. The Morgan fingerprint density at radius 1 is 1.00 bits per heavy atom. The van der Waals surface area contributed by atoms with E-state index in [0.717, 1.165) is 5.56 Å². The van der Waals surface area contributed by atoms with Crippen LogP contribution in [0.1, 0.15) is 52.7 Å². The molecule has 10 heteroatoms. The van der Waals surface area contributed by atoms with Crippen molar-refractivity contribution in [2.24, 2.45) is 4.99 Å². The number of nitrogens with zero attached hydrogens (tertiary/aromatic N) is 2. The SMILES string of the molecule is CC(C)(C)OC(=O)N=C(Cc1cc(O[Si](C)(C)C(C)(C)C)ccc1[N+](=O)[O-])C(=O)OCc1ccccc1. The third-order valence-corrected chi connectivity index (χ3v) is 10.2. The molecule has 0 N–H and O–H groups in total. The van der Waals surface area contributed by atoms with Gasteiger partial charge in [0.1, 0.15) is 23.7 Å². The number of rotatable bonds is 8. The summed E-state index contributed by atoms with van der Waals surface area (Å²) in [6.07, 6.45) is -1.31. The fourth-order valence-corrected chi connectivity index (χ4v) is 3.95. The number of benzene rings is 2. The molecule has 0 atom stereocenters. The van der Waals surface area contributed by atoms with E-state index in [0.29, 0.717) is 5.75 Å². The summed E-state index contributed by atoms with van der Waals surface area (Å²) in [4.78, 5) is 40.5. The number of esters is 1. The summed E-state index contributed by atoms with van der Waals surface area (Å²) in [5, 5.41) is 11.7. The highest BCUT2D eigenvalue weighted by Gasteiger charge is 2.39. The second-order valence-electron chi connectivity index (χ2n) is 11.2. The lowest BCUT2D eigenvalue weighted by atomic mass is 10.1. The fraction of sp³-hybridized carbons (Fsp3) is 0.444. The van der Waals surface area contributed by atoms with Gasteiger partial charge in [0.15, 0.2) is 0 Å². The minimum atomic E-state index is -2.24. The molecule has 9 nitrogen and oxygen atoms in total. The molecule has 1 amide bonds. The van der Waals surface area contributed by atoms with Crippen LogP contribution in [0, 0.1) is 10.1 Å². The quantitative estimate of drug-likeness (QED) is 0.124. The zero-order valence-corrected chi connectivity index (χ0v) is 23.8. The Morgan fingerprint density at radius 3 is 2.16 bits per heavy atom. The predicted octanol–water partition coefficient (Wildman–Crippen LogP) is 6.64. The smallest absolute Gasteiger partial charge is 0.434 e. The molecular weight excluding hydrogens is 492 g/mol. The maximum absolute atomic E-state index is 13.0. The van der Waals surface area contributed by atoms with Gasteiger partial charge >= 0.3 is 12.1 Å². The lowest BCUT2D eigenvalue weighted by Gasteiger charge is -2.36. The number of carbonyl (C=O) groups excluding carboxylic acids is 2. The lowest BCUT2D eigenvalue weighted by molar-refractivity contribution is -0.385. The summed E-state index contributed by atoms with van der Waals surface area (Å²) in [5.41, 5.74) is -0.473. The maximum Gasteiger partial charge on any atom is 0.434 e. The molecule has 0 fully saturated rings. The molecule has 0 saturated heterocycles. The van der Waals surface area contributed by atoms with Crippen LogP contribution in [0.2, 0.25) is 18.1 Å². The molecule has 0 bridgehead atoms. The minimum absolute atomic E-state index is 0.0520. The van der Waals surface area contributed by atoms with Gasteiger partial charge in [-0.2, -0.15) is 4.99 Å². The van der Waals surface area contributed by atoms with Crippen molar-refractivity contribution in [2.45, 2.75) is 78.3 Å². The Hall–Kier alpha value is -3.53. The molecule has 0 saturated carbocycles. The molecule has 0 spiro atoms. The number of nitro groups is 1. The monoisotopic (exact) mass is 528 g/mol. The summed E-state index contributed by atoms with van der Waals surface area (Å²) in [5.74, 6) is -0.429. The summed E-state index contributed by atoms with van der Waals surface area (Å²) in [6.45, 7) is 15.3. The van der Waals surface area contributed by atoms with Crippen molar-refractivity contribution in [3.63, 3.8) is 0 Å². The normalized spacial score (nSPS) is 12.6. The number of hydrogen-bond acceptors (Lipinski definition) is 7. The summed E-state index contributed by atoms with van der Waals surface area (Å²) >= 11 is 0. The van der Waals surface area contributed by atoms with Crippen molar-refractivity contribution in [3.05, 3.63) is 69.8 Å². The van der Waals surface area contributed by atoms with E-state index in [9.17, 15) is 19.7 Å². The standard InChI is InChI=1S/C27H36N2O7Si/c1-26(2,3)35-25(31)28-22(24(30)34-18-19-12-10-9-11-13-19)17-20-16-21(14-15-23(20)29(32)33)36-37(7,8)27(4,5)6/h9-16H,17-18H2,1-8H3. The first-order chi connectivity index (χ1) is 17.0. The average molecular weight is 529 g/mol. The first kappa shape index (κ1) is 29.7. The minimum Gasteiger partial charge on any atom is -0.543 e. The third kappa shape index (κ3) is 9.13. The molecule has 0 aliphatic heterocycles. The topological polar surface area (TPSA) is 117 Å². The lowest BCUT2D eigenvalue weighted by Crippen LogP contribution is -2.43. The largest absolute Gasteiger partial charge is 0.543 e. The zero-order chi connectivity index (χ0) is 28.0. The number of hydrogen-bond donors (Lipinski definition) is 0. The van der Waals surface area contributed by atoms with Crippen LogP contribution in [-0.4, -0.2) is 36.6 Å². The molecular formula is C27H36N2O7Si. The van der Waals surface area contributed by atoms with Crippen molar-refractivity contribution >= 4 is 31.8 Å². The molecule has 200 valence electrons. The predicted molar refractivity (Wildman–Crippen MR) is 145 cm³/mol. The first-order valence-electron chi connectivity index (χ1n) is 12.0. The van der Waals surface area contributed by atoms with Gasteiger partial charge < -0.3 is 13.9 Å². The second-order valence-corrected chi connectivity index (χ2v) is 15.9. The van der Waals surface area contributed by atoms with Crippen molar-refractivity contribution in [2.75, 3.05) is 0 Å². The third-order valence-electron chi connectivity index (χ3n) is 5.85. The van der Waals surface area contributed by atoms with E-state index in [1.165, 1.54) is 12.1 Å². The summed E-state index contributed by atoms with van der Waals surface area (Å²) in [7, 11) is -2.24. The van der Waals surface area contributed by atoms with Gasteiger partial charge in [0.25, 0.3) is 5.69 Å². The zero-order valence-electron chi connectivity index (χ0n) is 22.8. The molecule has 2 aromatic carbocycles. The Kier molecular flexibility index (Phi) is 9.37. The second kappa shape index (κ2) is 11.7. The summed E-state index contributed by atoms with van der Waals surface area (Å²) < 4.78 is 16.9. The molecule has 0 aromatic heterocycles. The van der Waals surface area contributed by atoms with Crippen molar-refractivity contribution in [1.82, 2.24) is 0 Å². The van der Waals surface area contributed by atoms with E-state index in [4.69, 9.17) is 13.9 Å². The van der Waals surface area contributed by atoms with Gasteiger partial charge in [-0.05, 0) is 56.6 Å². The van der Waals surface area contributed by atoms with Crippen LogP contribution in [0.4, 0.5) is 10.5 Å². The fourth-order valence-electron chi connectivity index (χ4n) is 2.93. The molecule has 0 heterocycles. The number of nitro benzene ring substituents is 1. The highest BCUT2D eigenvalue weighted by atomic mass is 28.4. The Balaban J connectivity index is 2.44. The van der Waals surface area contributed by atoms with Gasteiger partial charge in [-0.1, -0.05) is 51.1 Å². The Morgan fingerprint density at radius 2 is 1.62 bits per heavy atom. The van der Waals surface area contributed by atoms with Crippen molar-refractivity contribution < 1.29 is 28.4 Å². The van der Waals surface area contributed by atoms with Gasteiger partial charge in [-0.15, -0.1) is 0 Å². The van der Waals surface area contributed by atoms with Crippen LogP contribution >= 0.6 is 0 Å². The molecule has 0 unspecified atom stereocenters. The maximum atomic E-state index is 13.0. The number of aliphatic imine (C=N–C) groups is 1. The van der Waals surface area contributed by atoms with Crippen LogP contribution in [-0.2, 0) is 27.3 Å². The van der Waals surface area contributed by atoms with E-state index >= 15 is 0 Å². The van der Waals surface area contributed by atoms with E-state index in [2.05, 4.69) is 38.9 Å². The number of carbonyl (C=O) groups is 2. The molecule has 2 aromatic rings. The van der Waals surface area contributed by atoms with Crippen LogP contribution in [0.25, 0.3) is 0 Å². The molecule has 2 rings (SSSR count). The van der Waals surface area contributed by atoms with E-state index < -0.39 is 30.9 Å². The highest BCUT2D eigenvalue weighted by molar-refractivity contribution is 6.74. The van der Waals surface area contributed by atoms with Crippen LogP contribution in [0.3, 0.4) is 0 Å². The number of ether oxygens (including phenoxy) is 2. The van der Waals surface area contributed by atoms with E-state index in [1.807, 2.05) is 6.07 Å². The van der Waals surface area contributed by atoms with Gasteiger partial charge in [0, 0.05) is 18.1 Å². The Labute approximate surface area is 219 Å². The number of amides is 1. The molecule has 37 heavy (non-hydrogen) atoms. The van der Waals surface area contributed by atoms with E-state index in [1.54, 1.807) is 51.1 Å².